The molecule has 1 amide bonds. The highest BCUT2D eigenvalue weighted by Gasteiger charge is 2.21. The number of nitrogens with one attached hydrogen (secondary N) is 1. The van der Waals surface area contributed by atoms with Crippen molar-refractivity contribution in [2.45, 2.75) is 30.5 Å². The first-order valence-corrected chi connectivity index (χ1v) is 8.04. The molecule has 0 saturated heterocycles. The Kier molecular flexibility index (Phi) is 5.06. The van der Waals surface area contributed by atoms with E-state index in [1.165, 1.54) is 30.6 Å². The number of carbonyl (C=O) groups excluding carboxylic acids is 1. The van der Waals surface area contributed by atoms with Gasteiger partial charge in [-0.3, -0.25) is 4.79 Å². The van der Waals surface area contributed by atoms with Crippen molar-refractivity contribution in [3.63, 3.8) is 0 Å². The summed E-state index contributed by atoms with van der Waals surface area (Å²) in [5.41, 5.74) is 0. The molecular formula is C13H18BrNO2S. The summed E-state index contributed by atoms with van der Waals surface area (Å²) in [6.07, 6.45) is 4.87. The second-order valence-electron chi connectivity index (χ2n) is 4.66. The van der Waals surface area contributed by atoms with Crippen molar-refractivity contribution in [2.75, 3.05) is 13.7 Å². The van der Waals surface area contributed by atoms with Crippen molar-refractivity contribution >= 4 is 33.2 Å². The molecule has 18 heavy (non-hydrogen) atoms. The maximum absolute atomic E-state index is 12.0. The lowest BCUT2D eigenvalue weighted by molar-refractivity contribution is 0.0945. The summed E-state index contributed by atoms with van der Waals surface area (Å²) in [7, 11) is 1.59. The summed E-state index contributed by atoms with van der Waals surface area (Å²) >= 11 is 5.09. The van der Waals surface area contributed by atoms with Crippen LogP contribution in [0.2, 0.25) is 0 Å². The highest BCUT2D eigenvalue weighted by molar-refractivity contribution is 9.09. The predicted octanol–water partition coefficient (Wildman–Crippen LogP) is 3.44. The summed E-state index contributed by atoms with van der Waals surface area (Å²) in [6.45, 7) is 0.766. The molecule has 3 nitrogen and oxygen atoms in total. The number of thiophene rings is 1. The summed E-state index contributed by atoms with van der Waals surface area (Å²) in [5.74, 6) is 1.25. The van der Waals surface area contributed by atoms with Gasteiger partial charge in [0.15, 0.2) is 0 Å². The fourth-order valence-corrected chi connectivity index (χ4v) is 3.98. The van der Waals surface area contributed by atoms with E-state index in [1.807, 2.05) is 11.4 Å². The third kappa shape index (κ3) is 3.48. The van der Waals surface area contributed by atoms with Crippen LogP contribution >= 0.6 is 27.3 Å². The largest absolute Gasteiger partial charge is 0.495 e. The number of ether oxygens (including phenoxy) is 1. The van der Waals surface area contributed by atoms with Crippen LogP contribution in [0.25, 0.3) is 0 Å². The zero-order valence-corrected chi connectivity index (χ0v) is 12.9. The third-order valence-electron chi connectivity index (χ3n) is 3.33. The van der Waals surface area contributed by atoms with Gasteiger partial charge in [0, 0.05) is 11.4 Å². The maximum Gasteiger partial charge on any atom is 0.265 e. The van der Waals surface area contributed by atoms with Crippen molar-refractivity contribution in [3.8, 4) is 5.75 Å². The van der Waals surface area contributed by atoms with Gasteiger partial charge in [-0.05, 0) is 36.6 Å². The molecule has 0 aromatic carbocycles. The first kappa shape index (κ1) is 13.9. The number of alkyl halides is 1. The van der Waals surface area contributed by atoms with Crippen molar-refractivity contribution in [3.05, 3.63) is 16.3 Å². The van der Waals surface area contributed by atoms with Gasteiger partial charge in [0.2, 0.25) is 0 Å². The van der Waals surface area contributed by atoms with E-state index < -0.39 is 0 Å². The second kappa shape index (κ2) is 6.57. The normalized spacial score (nSPS) is 23.7. The molecule has 1 fully saturated rings. The Bertz CT molecular complexity index is 407. The number of amides is 1. The highest BCUT2D eigenvalue weighted by atomic mass is 79.9. The van der Waals surface area contributed by atoms with E-state index in [0.717, 1.165) is 13.0 Å². The Labute approximate surface area is 120 Å². The molecule has 100 valence electrons. The van der Waals surface area contributed by atoms with Gasteiger partial charge in [0.1, 0.15) is 10.6 Å². The van der Waals surface area contributed by atoms with Crippen LogP contribution in [0.15, 0.2) is 11.4 Å². The molecule has 0 radical (unpaired) electrons. The SMILES string of the molecule is COc1ccsc1C(=O)NCC1CCCC(Br)C1. The molecule has 1 aromatic heterocycles. The van der Waals surface area contributed by atoms with Crippen LogP contribution in [-0.4, -0.2) is 24.4 Å². The molecule has 1 heterocycles. The minimum absolute atomic E-state index is 0.0152. The van der Waals surface area contributed by atoms with Crippen molar-refractivity contribution in [1.82, 2.24) is 5.32 Å². The van der Waals surface area contributed by atoms with Gasteiger partial charge in [-0.1, -0.05) is 22.4 Å². The molecule has 5 heteroatoms. The average molecular weight is 332 g/mol. The van der Waals surface area contributed by atoms with Crippen LogP contribution in [0.4, 0.5) is 0 Å². The molecule has 2 atom stereocenters. The summed E-state index contributed by atoms with van der Waals surface area (Å²) in [5, 5.41) is 4.90. The Morgan fingerprint density at radius 2 is 2.44 bits per heavy atom. The lowest BCUT2D eigenvalue weighted by Crippen LogP contribution is -2.31. The van der Waals surface area contributed by atoms with E-state index in [4.69, 9.17) is 4.74 Å². The van der Waals surface area contributed by atoms with E-state index >= 15 is 0 Å². The zero-order valence-electron chi connectivity index (χ0n) is 10.4. The number of methoxy groups -OCH3 is 1. The summed E-state index contributed by atoms with van der Waals surface area (Å²) < 4.78 is 5.16. The molecule has 1 aliphatic rings. The Morgan fingerprint density at radius 1 is 1.61 bits per heavy atom. The van der Waals surface area contributed by atoms with Crippen molar-refractivity contribution in [2.24, 2.45) is 5.92 Å². The second-order valence-corrected chi connectivity index (χ2v) is 6.87. The topological polar surface area (TPSA) is 38.3 Å². The lowest BCUT2D eigenvalue weighted by atomic mass is 9.89. The number of hydrogen-bond donors (Lipinski definition) is 1. The van der Waals surface area contributed by atoms with Crippen LogP contribution in [0.1, 0.15) is 35.4 Å². The zero-order chi connectivity index (χ0) is 13.0. The van der Waals surface area contributed by atoms with Crippen LogP contribution in [0, 0.1) is 5.92 Å². The summed E-state index contributed by atoms with van der Waals surface area (Å²) in [6, 6.07) is 1.83. The fourth-order valence-electron chi connectivity index (χ4n) is 2.35. The van der Waals surface area contributed by atoms with Crippen molar-refractivity contribution in [1.29, 1.82) is 0 Å². The van der Waals surface area contributed by atoms with Crippen molar-refractivity contribution < 1.29 is 9.53 Å². The molecule has 1 N–H and O–H groups in total. The van der Waals surface area contributed by atoms with Crippen LogP contribution in [0.3, 0.4) is 0 Å². The molecule has 2 unspecified atom stereocenters. The Balaban J connectivity index is 1.84. The van der Waals surface area contributed by atoms with Gasteiger partial charge in [-0.25, -0.2) is 0 Å². The predicted molar refractivity (Wildman–Crippen MR) is 77.9 cm³/mol. The molecule has 1 saturated carbocycles. The molecule has 1 aromatic rings. The van der Waals surface area contributed by atoms with E-state index in [-0.39, 0.29) is 5.91 Å². The molecular weight excluding hydrogens is 314 g/mol. The van der Waals surface area contributed by atoms with Gasteiger partial charge in [-0.15, -0.1) is 11.3 Å². The number of hydrogen-bond acceptors (Lipinski definition) is 3. The van der Waals surface area contributed by atoms with E-state index in [0.29, 0.717) is 21.4 Å². The smallest absolute Gasteiger partial charge is 0.265 e. The maximum atomic E-state index is 12.0. The van der Waals surface area contributed by atoms with E-state index in [9.17, 15) is 4.79 Å². The van der Waals surface area contributed by atoms with E-state index in [1.54, 1.807) is 7.11 Å². The molecule has 0 spiro atoms. The summed E-state index contributed by atoms with van der Waals surface area (Å²) in [4.78, 5) is 13.3. The van der Waals surface area contributed by atoms with Gasteiger partial charge < -0.3 is 10.1 Å². The van der Waals surface area contributed by atoms with Crippen LogP contribution < -0.4 is 10.1 Å². The lowest BCUT2D eigenvalue weighted by Gasteiger charge is -2.25. The average Bonchev–Trinajstić information content (AvgIpc) is 2.84. The number of rotatable bonds is 4. The van der Waals surface area contributed by atoms with Crippen LogP contribution in [-0.2, 0) is 0 Å². The number of carbonyl (C=O) groups is 1. The first-order valence-electron chi connectivity index (χ1n) is 6.24. The first-order chi connectivity index (χ1) is 8.70. The minimum atomic E-state index is -0.0152. The molecule has 0 bridgehead atoms. The van der Waals surface area contributed by atoms with Gasteiger partial charge >= 0.3 is 0 Å². The monoisotopic (exact) mass is 331 g/mol. The van der Waals surface area contributed by atoms with Gasteiger partial charge in [0.25, 0.3) is 5.91 Å². The van der Waals surface area contributed by atoms with Gasteiger partial charge in [0.05, 0.1) is 7.11 Å². The molecule has 0 aliphatic heterocycles. The standard InChI is InChI=1S/C13H18BrNO2S/c1-17-11-5-6-18-12(11)13(16)15-8-9-3-2-4-10(14)7-9/h5-6,9-10H,2-4,7-8H2,1H3,(H,15,16). The third-order valence-corrected chi connectivity index (χ3v) is 5.05. The quantitative estimate of drug-likeness (QED) is 0.858. The Hall–Kier alpha value is -0.550. The van der Waals surface area contributed by atoms with Gasteiger partial charge in [-0.2, -0.15) is 0 Å². The number of halogens is 1. The van der Waals surface area contributed by atoms with Crippen LogP contribution in [0.5, 0.6) is 5.75 Å². The minimum Gasteiger partial charge on any atom is -0.495 e. The highest BCUT2D eigenvalue weighted by Crippen LogP contribution is 2.29. The Morgan fingerprint density at radius 3 is 3.17 bits per heavy atom. The fraction of sp³-hybridized carbons (Fsp3) is 0.615. The molecule has 2 rings (SSSR count). The molecule has 1 aliphatic carbocycles. The van der Waals surface area contributed by atoms with E-state index in [2.05, 4.69) is 21.2 Å².